The molecule has 0 heteroatoms. The molecule has 0 saturated heterocycles. The van der Waals surface area contributed by atoms with E-state index < -0.39 is 0 Å². The monoisotopic (exact) mass is 210 g/mol. The smallest absolute Gasteiger partial charge is 0.0116 e. The van der Waals surface area contributed by atoms with Gasteiger partial charge >= 0.3 is 0 Å². The molecule has 0 heterocycles. The Labute approximate surface area is 97.0 Å². The molecule has 0 fully saturated rings. The first kappa shape index (κ1) is 9.89. The van der Waals surface area contributed by atoms with E-state index in [0.29, 0.717) is 0 Å². The van der Waals surface area contributed by atoms with Crippen LogP contribution in [-0.2, 0) is 0 Å². The van der Waals surface area contributed by atoms with E-state index in [1.54, 1.807) is 11.1 Å². The van der Waals surface area contributed by atoms with E-state index in [2.05, 4.69) is 44.2 Å². The Morgan fingerprint density at radius 2 is 2.00 bits per heavy atom. The van der Waals surface area contributed by atoms with Crippen LogP contribution in [0.5, 0.6) is 0 Å². The zero-order valence-corrected chi connectivity index (χ0v) is 10.1. The fraction of sp³-hybridized carbons (Fsp3) is 0.375. The fourth-order valence-electron chi connectivity index (χ4n) is 3.07. The van der Waals surface area contributed by atoms with Crippen LogP contribution in [0.1, 0.15) is 31.7 Å². The highest BCUT2D eigenvalue weighted by Gasteiger charge is 2.20. The molecule has 0 N–H and O–H groups in total. The maximum atomic E-state index is 2.36. The van der Waals surface area contributed by atoms with Gasteiger partial charge in [-0.15, -0.1) is 0 Å². The van der Waals surface area contributed by atoms with Crippen molar-refractivity contribution in [2.24, 2.45) is 5.92 Å². The predicted octanol–water partition coefficient (Wildman–Crippen LogP) is 2.69. The molecule has 1 aromatic carbocycles. The Kier molecular flexibility index (Phi) is 2.24. The summed E-state index contributed by atoms with van der Waals surface area (Å²) in [5.41, 5.74) is 4.52. The number of benzene rings is 1. The molecular formula is C16H18. The van der Waals surface area contributed by atoms with E-state index >= 15 is 0 Å². The van der Waals surface area contributed by atoms with Crippen LogP contribution in [-0.4, -0.2) is 0 Å². The summed E-state index contributed by atoms with van der Waals surface area (Å²) < 4.78 is 0. The van der Waals surface area contributed by atoms with Crippen LogP contribution in [0.15, 0.2) is 30.4 Å². The van der Waals surface area contributed by atoms with Crippen molar-refractivity contribution < 1.29 is 0 Å². The van der Waals surface area contributed by atoms with E-state index in [-0.39, 0.29) is 0 Å². The molecule has 1 unspecified atom stereocenters. The third-order valence-electron chi connectivity index (χ3n) is 3.92. The number of rotatable bonds is 0. The van der Waals surface area contributed by atoms with Crippen molar-refractivity contribution in [3.8, 4) is 0 Å². The number of hydrogen-bond acceptors (Lipinski definition) is 0. The van der Waals surface area contributed by atoms with Crippen LogP contribution < -0.4 is 10.4 Å². The molecule has 1 atom stereocenters. The molecule has 82 valence electrons. The van der Waals surface area contributed by atoms with Crippen LogP contribution in [0.4, 0.5) is 0 Å². The molecule has 1 aromatic rings. The van der Waals surface area contributed by atoms with Crippen molar-refractivity contribution in [3.63, 3.8) is 0 Å². The van der Waals surface area contributed by atoms with Gasteiger partial charge in [-0.1, -0.05) is 41.5 Å². The zero-order valence-electron chi connectivity index (χ0n) is 10.1. The molecule has 0 aromatic heterocycles. The normalized spacial score (nSPS) is 23.0. The van der Waals surface area contributed by atoms with E-state index in [0.717, 1.165) is 5.92 Å². The third kappa shape index (κ3) is 1.44. The topological polar surface area (TPSA) is 0 Å². The largest absolute Gasteiger partial charge is 0.0842 e. The first-order valence-electron chi connectivity index (χ1n) is 6.23. The molecule has 2 aliphatic carbocycles. The zero-order chi connectivity index (χ0) is 11.1. The van der Waals surface area contributed by atoms with E-state index in [1.807, 2.05) is 0 Å². The summed E-state index contributed by atoms with van der Waals surface area (Å²) in [6, 6.07) is 6.89. The fourth-order valence-corrected chi connectivity index (χ4v) is 3.07. The minimum absolute atomic E-state index is 0.777. The van der Waals surface area contributed by atoms with Gasteiger partial charge in [-0.25, -0.2) is 0 Å². The minimum atomic E-state index is 0.777. The van der Waals surface area contributed by atoms with Gasteiger partial charge in [-0.2, -0.15) is 0 Å². The van der Waals surface area contributed by atoms with Crippen LogP contribution in [0.25, 0.3) is 11.1 Å². The molecule has 16 heavy (non-hydrogen) atoms. The molecule has 3 rings (SSSR count). The third-order valence-corrected chi connectivity index (χ3v) is 3.92. The van der Waals surface area contributed by atoms with Crippen LogP contribution >= 0.6 is 0 Å². The van der Waals surface area contributed by atoms with Crippen molar-refractivity contribution in [1.82, 2.24) is 0 Å². The Bertz CT molecular complexity index is 573. The van der Waals surface area contributed by atoms with Crippen LogP contribution in [0.3, 0.4) is 0 Å². The highest BCUT2D eigenvalue weighted by molar-refractivity contribution is 5.66. The van der Waals surface area contributed by atoms with Crippen molar-refractivity contribution in [3.05, 3.63) is 46.4 Å². The van der Waals surface area contributed by atoms with E-state index in [4.69, 9.17) is 0 Å². The summed E-state index contributed by atoms with van der Waals surface area (Å²) >= 11 is 0. The summed E-state index contributed by atoms with van der Waals surface area (Å²) in [4.78, 5) is 0. The lowest BCUT2D eigenvalue weighted by Gasteiger charge is -2.25. The summed E-state index contributed by atoms with van der Waals surface area (Å²) in [7, 11) is 0. The molecule has 2 aliphatic rings. The first-order valence-corrected chi connectivity index (χ1v) is 6.23. The van der Waals surface area contributed by atoms with Gasteiger partial charge in [0.25, 0.3) is 0 Å². The van der Waals surface area contributed by atoms with Crippen molar-refractivity contribution >= 4 is 11.1 Å². The standard InChI is InChI=1S/C16H18/c1-11-7-8-14-12(2)10-13-5-3-4-6-15(13)16(14)9-11/h4,6-9,13H,3,5,10H2,1-2H3. The second-order valence-electron chi connectivity index (χ2n) is 5.17. The number of fused-ring (bicyclic) bond motifs is 2. The Morgan fingerprint density at radius 3 is 2.88 bits per heavy atom. The van der Waals surface area contributed by atoms with Crippen LogP contribution in [0.2, 0.25) is 0 Å². The SMILES string of the molecule is CC1=c2ccc(C)cc2=C2C=CCCC2C1. The molecule has 0 bridgehead atoms. The predicted molar refractivity (Wildman–Crippen MR) is 69.4 cm³/mol. The van der Waals surface area contributed by atoms with Gasteiger partial charge in [-0.3, -0.25) is 0 Å². The van der Waals surface area contributed by atoms with E-state index in [1.165, 1.54) is 35.3 Å². The highest BCUT2D eigenvalue weighted by Crippen LogP contribution is 2.31. The van der Waals surface area contributed by atoms with Crippen molar-refractivity contribution in [1.29, 1.82) is 0 Å². The Balaban J connectivity index is 2.43. The lowest BCUT2D eigenvalue weighted by atomic mass is 9.79. The molecule has 0 radical (unpaired) electrons. The molecular weight excluding hydrogens is 192 g/mol. The second-order valence-corrected chi connectivity index (χ2v) is 5.17. The van der Waals surface area contributed by atoms with Crippen LogP contribution in [0, 0.1) is 12.8 Å². The molecule has 0 saturated carbocycles. The summed E-state index contributed by atoms with van der Waals surface area (Å²) in [6.45, 7) is 4.48. The second kappa shape index (κ2) is 3.62. The Hall–Kier alpha value is -1.30. The highest BCUT2D eigenvalue weighted by atomic mass is 14.2. The van der Waals surface area contributed by atoms with Gasteiger partial charge in [0.15, 0.2) is 0 Å². The maximum Gasteiger partial charge on any atom is -0.0116 e. The summed E-state index contributed by atoms with van der Waals surface area (Å²) in [5, 5.41) is 2.97. The van der Waals surface area contributed by atoms with Crippen molar-refractivity contribution in [2.75, 3.05) is 0 Å². The lowest BCUT2D eigenvalue weighted by Crippen LogP contribution is -2.35. The minimum Gasteiger partial charge on any atom is -0.0842 e. The number of aryl methyl sites for hydroxylation is 1. The lowest BCUT2D eigenvalue weighted by molar-refractivity contribution is 0.610. The maximum absolute atomic E-state index is 2.36. The average molecular weight is 210 g/mol. The first-order chi connectivity index (χ1) is 7.75. The summed E-state index contributed by atoms with van der Waals surface area (Å²) in [5.74, 6) is 0.777. The van der Waals surface area contributed by atoms with Gasteiger partial charge in [0.05, 0.1) is 0 Å². The van der Waals surface area contributed by atoms with Gasteiger partial charge in [0.2, 0.25) is 0 Å². The molecule has 0 amide bonds. The van der Waals surface area contributed by atoms with E-state index in [9.17, 15) is 0 Å². The molecule has 0 spiro atoms. The van der Waals surface area contributed by atoms with Gasteiger partial charge < -0.3 is 0 Å². The van der Waals surface area contributed by atoms with Crippen molar-refractivity contribution in [2.45, 2.75) is 33.1 Å². The van der Waals surface area contributed by atoms with Gasteiger partial charge in [0, 0.05) is 0 Å². The average Bonchev–Trinajstić information content (AvgIpc) is 2.29. The van der Waals surface area contributed by atoms with Gasteiger partial charge in [-0.05, 0) is 55.0 Å². The molecule has 0 aliphatic heterocycles. The summed E-state index contributed by atoms with van der Waals surface area (Å²) in [6.07, 6.45) is 8.53. The molecule has 0 nitrogen and oxygen atoms in total. The number of allylic oxidation sites excluding steroid dienone is 2. The number of hydrogen-bond donors (Lipinski definition) is 0. The van der Waals surface area contributed by atoms with Gasteiger partial charge in [0.1, 0.15) is 0 Å². The quantitative estimate of drug-likeness (QED) is 0.617. The Morgan fingerprint density at radius 1 is 1.12 bits per heavy atom.